The molecule has 0 saturated heterocycles. The lowest BCUT2D eigenvalue weighted by Crippen LogP contribution is -2.13. The Labute approximate surface area is 124 Å². The number of halogens is 3. The van der Waals surface area contributed by atoms with Gasteiger partial charge in [0.05, 0.1) is 11.3 Å². The number of benzene rings is 2. The van der Waals surface area contributed by atoms with Crippen LogP contribution in [-0.2, 0) is 7.05 Å². The molecule has 1 aromatic heterocycles. The molecular formula is C16H11F3N2O. The van der Waals surface area contributed by atoms with E-state index in [1.165, 1.54) is 0 Å². The summed E-state index contributed by atoms with van der Waals surface area (Å²) in [5.74, 6) is -4.94. The fourth-order valence-electron chi connectivity index (χ4n) is 2.33. The lowest BCUT2D eigenvalue weighted by Gasteiger charge is -2.06. The van der Waals surface area contributed by atoms with Crippen LogP contribution >= 0.6 is 0 Å². The first-order valence-corrected chi connectivity index (χ1v) is 6.48. The monoisotopic (exact) mass is 304 g/mol. The highest BCUT2D eigenvalue weighted by Crippen LogP contribution is 2.24. The number of hydrogen-bond donors (Lipinski definition) is 1. The second-order valence-corrected chi connectivity index (χ2v) is 4.85. The summed E-state index contributed by atoms with van der Waals surface area (Å²) in [4.78, 5) is 12.3. The first kappa shape index (κ1) is 14.2. The van der Waals surface area contributed by atoms with Crippen LogP contribution in [0.2, 0.25) is 0 Å². The van der Waals surface area contributed by atoms with Crippen LogP contribution in [0.15, 0.2) is 42.6 Å². The number of carbonyl (C=O) groups is 1. The van der Waals surface area contributed by atoms with Gasteiger partial charge in [0.1, 0.15) is 0 Å². The maximum absolute atomic E-state index is 13.6. The van der Waals surface area contributed by atoms with Crippen molar-refractivity contribution in [3.05, 3.63) is 65.6 Å². The molecular weight excluding hydrogens is 293 g/mol. The van der Waals surface area contributed by atoms with Gasteiger partial charge in [0, 0.05) is 24.1 Å². The number of nitrogens with one attached hydrogen (secondary N) is 1. The van der Waals surface area contributed by atoms with Gasteiger partial charge in [0.25, 0.3) is 5.91 Å². The van der Waals surface area contributed by atoms with E-state index in [1.54, 1.807) is 29.9 Å². The minimum Gasteiger partial charge on any atom is -0.350 e. The third-order valence-corrected chi connectivity index (χ3v) is 3.42. The molecule has 6 heteroatoms. The molecule has 3 aromatic rings. The molecule has 0 bridgehead atoms. The number of aromatic nitrogens is 1. The average molecular weight is 304 g/mol. The Bertz CT molecular complexity index is 886. The maximum atomic E-state index is 13.6. The first-order valence-electron chi connectivity index (χ1n) is 6.48. The number of nitrogens with zero attached hydrogens (tertiary/aromatic N) is 1. The van der Waals surface area contributed by atoms with E-state index in [4.69, 9.17) is 0 Å². The van der Waals surface area contributed by atoms with Gasteiger partial charge >= 0.3 is 0 Å². The van der Waals surface area contributed by atoms with Crippen LogP contribution in [0.4, 0.5) is 18.9 Å². The highest BCUT2D eigenvalue weighted by Gasteiger charge is 2.18. The molecule has 0 radical (unpaired) electrons. The van der Waals surface area contributed by atoms with Crippen LogP contribution in [0, 0.1) is 17.5 Å². The molecule has 0 aliphatic carbocycles. The Morgan fingerprint density at radius 1 is 1.05 bits per heavy atom. The van der Waals surface area contributed by atoms with Gasteiger partial charge in [-0.1, -0.05) is 18.2 Å². The van der Waals surface area contributed by atoms with Gasteiger partial charge in [0.15, 0.2) is 17.5 Å². The zero-order valence-electron chi connectivity index (χ0n) is 11.5. The van der Waals surface area contributed by atoms with Crippen molar-refractivity contribution in [3.63, 3.8) is 0 Å². The Kier molecular flexibility index (Phi) is 3.36. The normalized spacial score (nSPS) is 10.9. The predicted molar refractivity (Wildman–Crippen MR) is 77.2 cm³/mol. The van der Waals surface area contributed by atoms with Crippen LogP contribution in [0.1, 0.15) is 10.4 Å². The minimum absolute atomic E-state index is 0.322. The lowest BCUT2D eigenvalue weighted by molar-refractivity contribution is 0.102. The highest BCUT2D eigenvalue weighted by atomic mass is 19.2. The summed E-state index contributed by atoms with van der Waals surface area (Å²) < 4.78 is 41.5. The fourth-order valence-corrected chi connectivity index (χ4v) is 2.33. The highest BCUT2D eigenvalue weighted by molar-refractivity contribution is 6.13. The Balaban J connectivity index is 1.99. The van der Waals surface area contributed by atoms with Crippen molar-refractivity contribution in [1.82, 2.24) is 4.57 Å². The van der Waals surface area contributed by atoms with Gasteiger partial charge in [0.2, 0.25) is 0 Å². The van der Waals surface area contributed by atoms with E-state index >= 15 is 0 Å². The number of anilines is 1. The van der Waals surface area contributed by atoms with Crippen molar-refractivity contribution in [3.8, 4) is 0 Å². The van der Waals surface area contributed by atoms with Gasteiger partial charge in [-0.2, -0.15) is 0 Å². The smallest absolute Gasteiger partial charge is 0.257 e. The van der Waals surface area contributed by atoms with E-state index in [0.717, 1.165) is 17.6 Å². The van der Waals surface area contributed by atoms with Gasteiger partial charge in [-0.15, -0.1) is 0 Å². The number of hydrogen-bond acceptors (Lipinski definition) is 1. The number of aryl methyl sites for hydroxylation is 1. The fraction of sp³-hybridized carbons (Fsp3) is 0.0625. The van der Waals surface area contributed by atoms with Gasteiger partial charge in [-0.3, -0.25) is 4.79 Å². The summed E-state index contributed by atoms with van der Waals surface area (Å²) in [7, 11) is 1.78. The van der Waals surface area contributed by atoms with E-state index in [-0.39, 0.29) is 0 Å². The lowest BCUT2D eigenvalue weighted by atomic mass is 10.1. The maximum Gasteiger partial charge on any atom is 0.257 e. The molecule has 1 amide bonds. The third-order valence-electron chi connectivity index (χ3n) is 3.42. The number of rotatable bonds is 2. The van der Waals surface area contributed by atoms with Crippen LogP contribution in [0.5, 0.6) is 0 Å². The molecule has 0 atom stereocenters. The summed E-state index contributed by atoms with van der Waals surface area (Å²) in [5, 5.41) is 2.95. The molecule has 3 rings (SSSR count). The van der Waals surface area contributed by atoms with E-state index in [2.05, 4.69) is 5.32 Å². The van der Waals surface area contributed by atoms with Crippen LogP contribution in [0.3, 0.4) is 0 Å². The number of amides is 1. The van der Waals surface area contributed by atoms with Gasteiger partial charge in [-0.05, 0) is 18.2 Å². The molecule has 0 spiro atoms. The molecule has 0 fully saturated rings. The average Bonchev–Trinajstić information content (AvgIpc) is 2.86. The molecule has 0 saturated carbocycles. The second-order valence-electron chi connectivity index (χ2n) is 4.85. The molecule has 2 aromatic carbocycles. The molecule has 0 unspecified atom stereocenters. The Morgan fingerprint density at radius 3 is 2.55 bits per heavy atom. The zero-order valence-corrected chi connectivity index (χ0v) is 11.5. The Hall–Kier alpha value is -2.76. The van der Waals surface area contributed by atoms with Crippen LogP contribution in [-0.4, -0.2) is 10.5 Å². The number of carbonyl (C=O) groups excluding carboxylic acids is 1. The quantitative estimate of drug-likeness (QED) is 0.717. The second kappa shape index (κ2) is 5.22. The van der Waals surface area contributed by atoms with E-state index in [0.29, 0.717) is 10.9 Å². The first-order chi connectivity index (χ1) is 10.5. The predicted octanol–water partition coefficient (Wildman–Crippen LogP) is 3.85. The Morgan fingerprint density at radius 2 is 1.77 bits per heavy atom. The summed E-state index contributed by atoms with van der Waals surface area (Å²) in [6, 6.07) is 8.94. The van der Waals surface area contributed by atoms with Gasteiger partial charge in [-0.25, -0.2) is 13.2 Å². The SMILES string of the molecule is Cn1cc(C(=O)Nc2ccc(F)c(F)c2F)c2ccccc21. The van der Waals surface area contributed by atoms with E-state index in [9.17, 15) is 18.0 Å². The molecule has 22 heavy (non-hydrogen) atoms. The molecule has 3 nitrogen and oxygen atoms in total. The molecule has 1 N–H and O–H groups in total. The van der Waals surface area contributed by atoms with Crippen molar-refractivity contribution in [2.45, 2.75) is 0 Å². The summed E-state index contributed by atoms with van der Waals surface area (Å²) in [6.45, 7) is 0. The molecule has 0 aliphatic heterocycles. The van der Waals surface area contributed by atoms with Crippen molar-refractivity contribution in [1.29, 1.82) is 0 Å². The molecule has 112 valence electrons. The summed E-state index contributed by atoms with van der Waals surface area (Å²) in [5.41, 5.74) is 0.748. The van der Waals surface area contributed by atoms with E-state index < -0.39 is 29.0 Å². The topological polar surface area (TPSA) is 34.0 Å². The van der Waals surface area contributed by atoms with Gasteiger partial charge < -0.3 is 9.88 Å². The molecule has 0 aliphatic rings. The minimum atomic E-state index is -1.62. The number of para-hydroxylation sites is 1. The third kappa shape index (κ3) is 2.22. The van der Waals surface area contributed by atoms with Crippen molar-refractivity contribution >= 4 is 22.5 Å². The standard InChI is InChI=1S/C16H11F3N2O/c1-21-8-10(9-4-2-3-5-13(9)21)16(22)20-12-7-6-11(17)14(18)15(12)19/h2-8H,1H3,(H,20,22). The van der Waals surface area contributed by atoms with Crippen molar-refractivity contribution in [2.75, 3.05) is 5.32 Å². The van der Waals surface area contributed by atoms with Crippen LogP contribution in [0.25, 0.3) is 10.9 Å². The largest absolute Gasteiger partial charge is 0.350 e. The zero-order chi connectivity index (χ0) is 15.9. The number of fused-ring (bicyclic) bond motifs is 1. The van der Waals surface area contributed by atoms with Crippen LogP contribution < -0.4 is 5.32 Å². The summed E-state index contributed by atoms with van der Waals surface area (Å²) in [6.07, 6.45) is 1.60. The van der Waals surface area contributed by atoms with E-state index in [1.807, 2.05) is 12.1 Å². The summed E-state index contributed by atoms with van der Waals surface area (Å²) >= 11 is 0. The molecule has 1 heterocycles. The van der Waals surface area contributed by atoms with Crippen molar-refractivity contribution in [2.24, 2.45) is 7.05 Å². The van der Waals surface area contributed by atoms with Crippen molar-refractivity contribution < 1.29 is 18.0 Å².